The first kappa shape index (κ1) is 12.6. The van der Waals surface area contributed by atoms with Crippen molar-refractivity contribution in [2.45, 2.75) is 24.8 Å². The standard InChI is InChI=1S/C16H17ClN2/c17-15-10-19-7-6-12(15)8-16(18)14-9-13(14)11-4-2-1-3-5-11/h1-7,10,13-14,16H,8-9,18H2. The highest BCUT2D eigenvalue weighted by Crippen LogP contribution is 2.49. The highest BCUT2D eigenvalue weighted by Gasteiger charge is 2.42. The zero-order valence-electron chi connectivity index (χ0n) is 10.7. The van der Waals surface area contributed by atoms with Crippen LogP contribution in [0.25, 0.3) is 0 Å². The van der Waals surface area contributed by atoms with Gasteiger partial charge in [-0.2, -0.15) is 0 Å². The summed E-state index contributed by atoms with van der Waals surface area (Å²) in [7, 11) is 0. The van der Waals surface area contributed by atoms with E-state index >= 15 is 0 Å². The highest BCUT2D eigenvalue weighted by atomic mass is 35.5. The second-order valence-electron chi connectivity index (χ2n) is 5.25. The summed E-state index contributed by atoms with van der Waals surface area (Å²) in [5.74, 6) is 1.20. The van der Waals surface area contributed by atoms with E-state index in [2.05, 4.69) is 35.3 Å². The Bertz CT molecular complexity index is 556. The van der Waals surface area contributed by atoms with E-state index in [1.54, 1.807) is 12.4 Å². The average molecular weight is 273 g/mol. The number of halogens is 1. The number of hydrogen-bond donors (Lipinski definition) is 1. The predicted octanol–water partition coefficient (Wildman–Crippen LogP) is 3.41. The van der Waals surface area contributed by atoms with Gasteiger partial charge in [-0.15, -0.1) is 0 Å². The highest BCUT2D eigenvalue weighted by molar-refractivity contribution is 6.31. The summed E-state index contributed by atoms with van der Waals surface area (Å²) in [6, 6.07) is 12.8. The Kier molecular flexibility index (Phi) is 3.54. The molecule has 3 rings (SSSR count). The molecular weight excluding hydrogens is 256 g/mol. The minimum atomic E-state index is 0.171. The van der Waals surface area contributed by atoms with Crippen LogP contribution in [0.1, 0.15) is 23.5 Å². The van der Waals surface area contributed by atoms with Crippen LogP contribution in [0, 0.1) is 5.92 Å². The maximum absolute atomic E-state index is 6.33. The Morgan fingerprint density at radius 1 is 1.26 bits per heavy atom. The molecule has 19 heavy (non-hydrogen) atoms. The van der Waals surface area contributed by atoms with E-state index in [1.165, 1.54) is 12.0 Å². The normalized spacial score (nSPS) is 23.1. The van der Waals surface area contributed by atoms with Crippen molar-refractivity contribution in [3.63, 3.8) is 0 Å². The largest absolute Gasteiger partial charge is 0.327 e. The molecule has 1 aromatic carbocycles. The molecule has 0 radical (unpaired) electrons. The van der Waals surface area contributed by atoms with Gasteiger partial charge in [-0.25, -0.2) is 0 Å². The summed E-state index contributed by atoms with van der Waals surface area (Å²) in [4.78, 5) is 4.00. The maximum atomic E-state index is 6.33. The number of nitrogens with two attached hydrogens (primary N) is 1. The topological polar surface area (TPSA) is 38.9 Å². The lowest BCUT2D eigenvalue weighted by molar-refractivity contribution is 0.577. The van der Waals surface area contributed by atoms with Gasteiger partial charge < -0.3 is 5.73 Å². The molecule has 1 aliphatic rings. The van der Waals surface area contributed by atoms with Gasteiger partial charge in [0.05, 0.1) is 5.02 Å². The summed E-state index contributed by atoms with van der Waals surface area (Å²) in [5, 5.41) is 0.717. The first-order valence-electron chi connectivity index (χ1n) is 6.64. The molecule has 2 nitrogen and oxygen atoms in total. The van der Waals surface area contributed by atoms with Crippen molar-refractivity contribution in [3.8, 4) is 0 Å². The monoisotopic (exact) mass is 272 g/mol. The van der Waals surface area contributed by atoms with Crippen LogP contribution >= 0.6 is 11.6 Å². The van der Waals surface area contributed by atoms with E-state index < -0.39 is 0 Å². The molecule has 3 atom stereocenters. The van der Waals surface area contributed by atoms with Gasteiger partial charge in [0.15, 0.2) is 0 Å². The maximum Gasteiger partial charge on any atom is 0.0621 e. The van der Waals surface area contributed by atoms with Crippen LogP contribution < -0.4 is 5.73 Å². The van der Waals surface area contributed by atoms with Crippen molar-refractivity contribution in [1.29, 1.82) is 0 Å². The third-order valence-corrected chi connectivity index (χ3v) is 4.27. The number of benzene rings is 1. The van der Waals surface area contributed by atoms with Gasteiger partial charge in [-0.3, -0.25) is 4.98 Å². The van der Waals surface area contributed by atoms with Gasteiger partial charge in [0.2, 0.25) is 0 Å². The summed E-state index contributed by atoms with van der Waals surface area (Å²) < 4.78 is 0. The summed E-state index contributed by atoms with van der Waals surface area (Å²) >= 11 is 6.13. The van der Waals surface area contributed by atoms with Crippen LogP contribution in [0.4, 0.5) is 0 Å². The quantitative estimate of drug-likeness (QED) is 0.926. The first-order chi connectivity index (χ1) is 9.25. The van der Waals surface area contributed by atoms with Gasteiger partial charge in [0.1, 0.15) is 0 Å². The van der Waals surface area contributed by atoms with E-state index in [-0.39, 0.29) is 6.04 Å². The van der Waals surface area contributed by atoms with Gasteiger partial charge >= 0.3 is 0 Å². The molecule has 98 valence electrons. The van der Waals surface area contributed by atoms with E-state index in [1.807, 2.05) is 6.07 Å². The second-order valence-corrected chi connectivity index (χ2v) is 5.66. The van der Waals surface area contributed by atoms with E-state index in [4.69, 9.17) is 17.3 Å². The molecule has 2 N–H and O–H groups in total. The van der Waals surface area contributed by atoms with Gasteiger partial charge in [-0.1, -0.05) is 41.9 Å². The van der Waals surface area contributed by atoms with Gasteiger partial charge in [-0.05, 0) is 41.9 Å². The zero-order valence-corrected chi connectivity index (χ0v) is 11.4. The van der Waals surface area contributed by atoms with Crippen molar-refractivity contribution in [1.82, 2.24) is 4.98 Å². The lowest BCUT2D eigenvalue weighted by atomic mass is 10.0. The van der Waals surface area contributed by atoms with Crippen molar-refractivity contribution in [3.05, 3.63) is 64.9 Å². The first-order valence-corrected chi connectivity index (χ1v) is 7.02. The summed E-state index contributed by atoms with van der Waals surface area (Å²) in [6.45, 7) is 0. The molecule has 3 unspecified atom stereocenters. The van der Waals surface area contributed by atoms with Gasteiger partial charge in [0.25, 0.3) is 0 Å². The lowest BCUT2D eigenvalue weighted by Gasteiger charge is -2.12. The zero-order chi connectivity index (χ0) is 13.2. The number of hydrogen-bond acceptors (Lipinski definition) is 2. The molecule has 0 bridgehead atoms. The van der Waals surface area contributed by atoms with Crippen LogP contribution in [0.5, 0.6) is 0 Å². The van der Waals surface area contributed by atoms with Crippen LogP contribution in [0.15, 0.2) is 48.8 Å². The Labute approximate surface area is 118 Å². The fraction of sp³-hybridized carbons (Fsp3) is 0.312. The molecule has 0 aliphatic heterocycles. The Balaban J connectivity index is 1.64. The molecule has 1 heterocycles. The van der Waals surface area contributed by atoms with Crippen LogP contribution in [0.2, 0.25) is 5.02 Å². The Hall–Kier alpha value is -1.38. The van der Waals surface area contributed by atoms with Crippen molar-refractivity contribution in [2.24, 2.45) is 11.7 Å². The molecular formula is C16H17ClN2. The third kappa shape index (κ3) is 2.80. The Morgan fingerprint density at radius 3 is 2.79 bits per heavy atom. The molecule has 0 spiro atoms. The number of nitrogens with zero attached hydrogens (tertiary/aromatic N) is 1. The molecule has 1 aromatic heterocycles. The van der Waals surface area contributed by atoms with Crippen molar-refractivity contribution < 1.29 is 0 Å². The molecule has 2 aromatic rings. The fourth-order valence-corrected chi connectivity index (χ4v) is 2.94. The number of pyridine rings is 1. The smallest absolute Gasteiger partial charge is 0.0621 e. The van der Waals surface area contributed by atoms with E-state index in [9.17, 15) is 0 Å². The summed E-state index contributed by atoms with van der Waals surface area (Å²) in [5.41, 5.74) is 8.83. The minimum absolute atomic E-state index is 0.171. The van der Waals surface area contributed by atoms with Crippen LogP contribution in [-0.4, -0.2) is 11.0 Å². The van der Waals surface area contributed by atoms with E-state index in [0.717, 1.165) is 17.0 Å². The molecule has 1 aliphatic carbocycles. The minimum Gasteiger partial charge on any atom is -0.327 e. The molecule has 3 heteroatoms. The third-order valence-electron chi connectivity index (χ3n) is 3.93. The molecule has 1 saturated carbocycles. The fourth-order valence-electron chi connectivity index (χ4n) is 2.75. The summed E-state index contributed by atoms with van der Waals surface area (Å²) in [6.07, 6.45) is 5.48. The predicted molar refractivity (Wildman–Crippen MR) is 78.2 cm³/mol. The average Bonchev–Trinajstić information content (AvgIpc) is 3.23. The SMILES string of the molecule is NC(Cc1ccncc1Cl)C1CC1c1ccccc1. The lowest BCUT2D eigenvalue weighted by Crippen LogP contribution is -2.26. The van der Waals surface area contributed by atoms with E-state index in [0.29, 0.717) is 11.8 Å². The van der Waals surface area contributed by atoms with Crippen molar-refractivity contribution in [2.75, 3.05) is 0 Å². The van der Waals surface area contributed by atoms with Crippen LogP contribution in [-0.2, 0) is 6.42 Å². The number of aromatic nitrogens is 1. The molecule has 0 saturated heterocycles. The van der Waals surface area contributed by atoms with Crippen LogP contribution in [0.3, 0.4) is 0 Å². The molecule has 1 fully saturated rings. The van der Waals surface area contributed by atoms with Gasteiger partial charge in [0, 0.05) is 18.4 Å². The molecule has 0 amide bonds. The second kappa shape index (κ2) is 5.32. The van der Waals surface area contributed by atoms with Crippen molar-refractivity contribution >= 4 is 11.6 Å². The Morgan fingerprint density at radius 2 is 2.05 bits per heavy atom. The number of rotatable bonds is 4.